The lowest BCUT2D eigenvalue weighted by atomic mass is 10.1. The third kappa shape index (κ3) is 1.31. The zero-order valence-electron chi connectivity index (χ0n) is 7.83. The first-order chi connectivity index (χ1) is 6.18. The van der Waals surface area contributed by atoms with E-state index in [1.54, 1.807) is 6.20 Å². The third-order valence-corrected chi connectivity index (χ3v) is 3.49. The summed E-state index contributed by atoms with van der Waals surface area (Å²) in [4.78, 5) is 4.07. The minimum atomic E-state index is 0.627. The van der Waals surface area contributed by atoms with E-state index in [0.717, 1.165) is 15.6 Å². The highest BCUT2D eigenvalue weighted by Crippen LogP contribution is 2.18. The normalized spacial score (nSPS) is 10.8. The molecule has 2 aromatic rings. The number of nitrogens with two attached hydrogens (primary N) is 1. The second-order valence-corrected chi connectivity index (χ2v) is 4.43. The van der Waals surface area contributed by atoms with Crippen LogP contribution in [-0.4, -0.2) is 15.2 Å². The number of aromatic nitrogens is 1. The highest BCUT2D eigenvalue weighted by Gasteiger charge is 2.00. The standard InChI is InChI=1S/C10H12N2Si/c1-6-4-8-7(5-9(6)13)2-3-12-10(8)11/h2-5H,1,13H3,(H2,11,12). The summed E-state index contributed by atoms with van der Waals surface area (Å²) in [6.45, 7) is 2.12. The van der Waals surface area contributed by atoms with Gasteiger partial charge in [-0.15, -0.1) is 0 Å². The van der Waals surface area contributed by atoms with Gasteiger partial charge in [0.25, 0.3) is 0 Å². The van der Waals surface area contributed by atoms with E-state index in [4.69, 9.17) is 5.73 Å². The molecule has 0 amide bonds. The summed E-state index contributed by atoms with van der Waals surface area (Å²) >= 11 is 0. The lowest BCUT2D eigenvalue weighted by molar-refractivity contribution is 1.37. The maximum atomic E-state index is 5.78. The Balaban J connectivity index is 2.89. The van der Waals surface area contributed by atoms with E-state index < -0.39 is 0 Å². The molecule has 3 heteroatoms. The average molecular weight is 188 g/mol. The Kier molecular flexibility index (Phi) is 1.81. The Labute approximate surface area is 80.2 Å². The van der Waals surface area contributed by atoms with Crippen molar-refractivity contribution in [2.24, 2.45) is 0 Å². The van der Waals surface area contributed by atoms with Crippen molar-refractivity contribution in [1.82, 2.24) is 4.98 Å². The van der Waals surface area contributed by atoms with Gasteiger partial charge in [0.1, 0.15) is 5.82 Å². The van der Waals surface area contributed by atoms with Crippen molar-refractivity contribution in [2.45, 2.75) is 6.92 Å². The molecule has 0 aliphatic rings. The first kappa shape index (κ1) is 8.25. The number of anilines is 1. The fourth-order valence-corrected chi connectivity index (χ4v) is 1.92. The molecule has 1 aromatic heterocycles. The van der Waals surface area contributed by atoms with E-state index in [1.165, 1.54) is 16.1 Å². The smallest absolute Gasteiger partial charge is 0.131 e. The van der Waals surface area contributed by atoms with Crippen molar-refractivity contribution in [1.29, 1.82) is 0 Å². The molecule has 0 fully saturated rings. The van der Waals surface area contributed by atoms with Gasteiger partial charge in [0.2, 0.25) is 0 Å². The van der Waals surface area contributed by atoms with Gasteiger partial charge in [0.15, 0.2) is 0 Å². The van der Waals surface area contributed by atoms with Crippen LogP contribution in [-0.2, 0) is 0 Å². The summed E-state index contributed by atoms with van der Waals surface area (Å²) in [5, 5.41) is 3.70. The predicted molar refractivity (Wildman–Crippen MR) is 60.5 cm³/mol. The molecule has 0 unspecified atom stereocenters. The van der Waals surface area contributed by atoms with Gasteiger partial charge in [0.05, 0.1) is 0 Å². The SMILES string of the molecule is Cc1cc2c(N)nccc2cc1[SiH3]. The Bertz CT molecular complexity index is 466. The van der Waals surface area contributed by atoms with Crippen LogP contribution in [0.15, 0.2) is 24.4 Å². The summed E-state index contributed by atoms with van der Waals surface area (Å²) in [7, 11) is 1.08. The molecule has 0 saturated heterocycles. The van der Waals surface area contributed by atoms with Crippen LogP contribution in [0.3, 0.4) is 0 Å². The molecule has 66 valence electrons. The van der Waals surface area contributed by atoms with Gasteiger partial charge in [-0.05, 0) is 24.4 Å². The van der Waals surface area contributed by atoms with E-state index >= 15 is 0 Å². The van der Waals surface area contributed by atoms with Gasteiger partial charge < -0.3 is 5.73 Å². The summed E-state index contributed by atoms with van der Waals surface area (Å²) in [5.74, 6) is 0.627. The Morgan fingerprint density at radius 2 is 2.15 bits per heavy atom. The molecule has 2 N–H and O–H groups in total. The second-order valence-electron chi connectivity index (χ2n) is 3.35. The van der Waals surface area contributed by atoms with Crippen molar-refractivity contribution in [3.63, 3.8) is 0 Å². The first-order valence-electron chi connectivity index (χ1n) is 4.30. The molecule has 1 aromatic carbocycles. The van der Waals surface area contributed by atoms with Crippen molar-refractivity contribution in [3.8, 4) is 0 Å². The lowest BCUT2D eigenvalue weighted by Crippen LogP contribution is -2.06. The van der Waals surface area contributed by atoms with Crippen molar-refractivity contribution >= 4 is 32.0 Å². The minimum absolute atomic E-state index is 0.627. The molecule has 0 radical (unpaired) electrons. The summed E-state index contributed by atoms with van der Waals surface area (Å²) < 4.78 is 0. The van der Waals surface area contributed by atoms with Crippen molar-refractivity contribution < 1.29 is 0 Å². The van der Waals surface area contributed by atoms with Crippen LogP contribution in [0, 0.1) is 6.92 Å². The van der Waals surface area contributed by atoms with Crippen LogP contribution in [0.1, 0.15) is 5.56 Å². The number of nitrogen functional groups attached to an aromatic ring is 1. The monoisotopic (exact) mass is 188 g/mol. The molecule has 2 rings (SSSR count). The minimum Gasteiger partial charge on any atom is -0.383 e. The van der Waals surface area contributed by atoms with Gasteiger partial charge >= 0.3 is 0 Å². The number of benzene rings is 1. The zero-order chi connectivity index (χ0) is 9.42. The molecule has 0 saturated carbocycles. The van der Waals surface area contributed by atoms with Crippen LogP contribution >= 0.6 is 0 Å². The number of nitrogens with zero attached hydrogens (tertiary/aromatic N) is 1. The molecular weight excluding hydrogens is 176 g/mol. The van der Waals surface area contributed by atoms with E-state index in [1.807, 2.05) is 6.07 Å². The van der Waals surface area contributed by atoms with Crippen LogP contribution in [0.2, 0.25) is 0 Å². The number of aryl methyl sites for hydroxylation is 1. The van der Waals surface area contributed by atoms with Crippen LogP contribution < -0.4 is 10.9 Å². The van der Waals surface area contributed by atoms with Crippen LogP contribution in [0.4, 0.5) is 5.82 Å². The molecule has 0 bridgehead atoms. The Hall–Kier alpha value is -1.35. The molecule has 13 heavy (non-hydrogen) atoms. The van der Waals surface area contributed by atoms with E-state index in [9.17, 15) is 0 Å². The summed E-state index contributed by atoms with van der Waals surface area (Å²) in [5.41, 5.74) is 7.09. The molecular formula is C10H12N2Si. The highest BCUT2D eigenvalue weighted by atomic mass is 28.1. The van der Waals surface area contributed by atoms with E-state index in [-0.39, 0.29) is 0 Å². The average Bonchev–Trinajstić information content (AvgIpc) is 2.09. The van der Waals surface area contributed by atoms with E-state index in [2.05, 4.69) is 24.0 Å². The third-order valence-electron chi connectivity index (χ3n) is 2.41. The van der Waals surface area contributed by atoms with Gasteiger partial charge in [-0.1, -0.05) is 16.8 Å². The number of rotatable bonds is 0. The zero-order valence-corrected chi connectivity index (χ0v) is 9.83. The van der Waals surface area contributed by atoms with Crippen molar-refractivity contribution in [2.75, 3.05) is 5.73 Å². The topological polar surface area (TPSA) is 38.9 Å². The van der Waals surface area contributed by atoms with Gasteiger partial charge in [-0.3, -0.25) is 0 Å². The quantitative estimate of drug-likeness (QED) is 0.596. The molecule has 0 atom stereocenters. The van der Waals surface area contributed by atoms with Crippen LogP contribution in [0.25, 0.3) is 10.8 Å². The molecule has 0 spiro atoms. The first-order valence-corrected chi connectivity index (χ1v) is 5.30. The van der Waals surface area contributed by atoms with Gasteiger partial charge in [-0.2, -0.15) is 0 Å². The van der Waals surface area contributed by atoms with Gasteiger partial charge in [0, 0.05) is 21.8 Å². The molecule has 0 aliphatic carbocycles. The predicted octanol–water partition coefficient (Wildman–Crippen LogP) is 0.116. The number of hydrogen-bond donors (Lipinski definition) is 1. The summed E-state index contributed by atoms with van der Waals surface area (Å²) in [6.07, 6.45) is 1.76. The number of fused-ring (bicyclic) bond motifs is 1. The number of hydrogen-bond acceptors (Lipinski definition) is 2. The Morgan fingerprint density at radius 1 is 1.38 bits per heavy atom. The summed E-state index contributed by atoms with van der Waals surface area (Å²) in [6, 6.07) is 6.33. The van der Waals surface area contributed by atoms with E-state index in [0.29, 0.717) is 5.82 Å². The van der Waals surface area contributed by atoms with Gasteiger partial charge in [-0.25, -0.2) is 4.98 Å². The number of pyridine rings is 1. The highest BCUT2D eigenvalue weighted by molar-refractivity contribution is 6.34. The molecule has 1 heterocycles. The molecule has 0 aliphatic heterocycles. The maximum absolute atomic E-state index is 5.78. The fraction of sp³-hybridized carbons (Fsp3) is 0.100. The largest absolute Gasteiger partial charge is 0.383 e. The second kappa shape index (κ2) is 2.85. The van der Waals surface area contributed by atoms with Crippen LogP contribution in [0.5, 0.6) is 0 Å². The van der Waals surface area contributed by atoms with Crippen molar-refractivity contribution in [3.05, 3.63) is 30.0 Å². The maximum Gasteiger partial charge on any atom is 0.131 e. The Morgan fingerprint density at radius 3 is 2.92 bits per heavy atom. The fourth-order valence-electron chi connectivity index (χ4n) is 1.47. The lowest BCUT2D eigenvalue weighted by Gasteiger charge is -2.04. The molecule has 2 nitrogen and oxygen atoms in total.